The SMILES string of the molecule is CCn1nccc1CNCc1cnn(CC(F)(F)F)c1.Cl. The van der Waals surface area contributed by atoms with E-state index >= 15 is 0 Å². The Hall–Kier alpha value is -1.54. The van der Waals surface area contributed by atoms with Gasteiger partial charge in [0.15, 0.2) is 0 Å². The summed E-state index contributed by atoms with van der Waals surface area (Å²) in [7, 11) is 0. The van der Waals surface area contributed by atoms with Crippen LogP contribution in [0, 0.1) is 0 Å². The van der Waals surface area contributed by atoms with Crippen LogP contribution < -0.4 is 5.32 Å². The van der Waals surface area contributed by atoms with E-state index in [9.17, 15) is 13.2 Å². The predicted molar refractivity (Wildman–Crippen MR) is 74.0 cm³/mol. The highest BCUT2D eigenvalue weighted by atomic mass is 35.5. The van der Waals surface area contributed by atoms with Gasteiger partial charge in [0.1, 0.15) is 6.54 Å². The maximum absolute atomic E-state index is 12.2. The van der Waals surface area contributed by atoms with Gasteiger partial charge in [-0.2, -0.15) is 23.4 Å². The number of nitrogens with zero attached hydrogens (tertiary/aromatic N) is 4. The maximum atomic E-state index is 12.2. The van der Waals surface area contributed by atoms with Gasteiger partial charge in [-0.3, -0.25) is 9.36 Å². The minimum absolute atomic E-state index is 0. The van der Waals surface area contributed by atoms with Crippen molar-refractivity contribution in [2.24, 2.45) is 0 Å². The van der Waals surface area contributed by atoms with E-state index in [1.807, 2.05) is 17.7 Å². The molecule has 118 valence electrons. The first-order valence-electron chi connectivity index (χ1n) is 6.27. The van der Waals surface area contributed by atoms with Gasteiger partial charge in [-0.05, 0) is 13.0 Å². The second-order valence-electron chi connectivity index (χ2n) is 4.40. The van der Waals surface area contributed by atoms with Crippen LogP contribution in [0.4, 0.5) is 13.2 Å². The van der Waals surface area contributed by atoms with Crippen molar-refractivity contribution in [3.05, 3.63) is 35.9 Å². The maximum Gasteiger partial charge on any atom is 0.408 e. The second kappa shape index (κ2) is 7.46. The Morgan fingerprint density at radius 1 is 1.24 bits per heavy atom. The van der Waals surface area contributed by atoms with Crippen molar-refractivity contribution < 1.29 is 13.2 Å². The molecule has 0 spiro atoms. The van der Waals surface area contributed by atoms with Gasteiger partial charge < -0.3 is 5.32 Å². The molecule has 0 saturated carbocycles. The van der Waals surface area contributed by atoms with E-state index in [1.54, 1.807) is 6.20 Å². The molecule has 0 aliphatic rings. The topological polar surface area (TPSA) is 47.7 Å². The second-order valence-corrected chi connectivity index (χ2v) is 4.40. The van der Waals surface area contributed by atoms with Gasteiger partial charge >= 0.3 is 6.18 Å². The number of aryl methyl sites for hydroxylation is 1. The molecule has 0 unspecified atom stereocenters. The summed E-state index contributed by atoms with van der Waals surface area (Å²) in [5.74, 6) is 0. The third-order valence-electron chi connectivity index (χ3n) is 2.77. The van der Waals surface area contributed by atoms with Gasteiger partial charge in [-0.25, -0.2) is 0 Å². The molecule has 0 radical (unpaired) electrons. The van der Waals surface area contributed by atoms with Gasteiger partial charge in [0.25, 0.3) is 0 Å². The zero-order valence-corrected chi connectivity index (χ0v) is 12.3. The van der Waals surface area contributed by atoms with E-state index < -0.39 is 12.7 Å². The summed E-state index contributed by atoms with van der Waals surface area (Å²) < 4.78 is 39.3. The largest absolute Gasteiger partial charge is 0.408 e. The number of nitrogens with one attached hydrogen (secondary N) is 1. The molecule has 0 aliphatic heterocycles. The van der Waals surface area contributed by atoms with Crippen molar-refractivity contribution >= 4 is 12.4 Å². The first-order valence-corrected chi connectivity index (χ1v) is 6.27. The lowest BCUT2D eigenvalue weighted by Crippen LogP contribution is -2.18. The minimum atomic E-state index is -4.25. The van der Waals surface area contributed by atoms with Crippen LogP contribution in [0.15, 0.2) is 24.7 Å². The number of rotatable bonds is 6. The fourth-order valence-corrected chi connectivity index (χ4v) is 1.90. The molecule has 2 aromatic rings. The van der Waals surface area contributed by atoms with E-state index in [-0.39, 0.29) is 12.4 Å². The number of alkyl halides is 3. The Balaban J connectivity index is 0.00000220. The monoisotopic (exact) mass is 323 g/mol. The van der Waals surface area contributed by atoms with Crippen molar-refractivity contribution in [3.8, 4) is 0 Å². The van der Waals surface area contributed by atoms with Gasteiger partial charge in [0, 0.05) is 37.6 Å². The first-order chi connectivity index (χ1) is 9.48. The number of aromatic nitrogens is 4. The Morgan fingerprint density at radius 3 is 2.67 bits per heavy atom. The Labute approximate surface area is 126 Å². The highest BCUT2D eigenvalue weighted by Gasteiger charge is 2.28. The van der Waals surface area contributed by atoms with E-state index in [1.165, 1.54) is 12.4 Å². The molecule has 2 rings (SSSR count). The third kappa shape index (κ3) is 5.39. The molecule has 2 heterocycles. The molecule has 0 saturated heterocycles. The van der Waals surface area contributed by atoms with Crippen molar-refractivity contribution in [2.45, 2.75) is 39.3 Å². The highest BCUT2D eigenvalue weighted by molar-refractivity contribution is 5.85. The lowest BCUT2D eigenvalue weighted by molar-refractivity contribution is -0.142. The van der Waals surface area contributed by atoms with E-state index in [0.29, 0.717) is 13.1 Å². The average molecular weight is 324 g/mol. The van der Waals surface area contributed by atoms with Crippen LogP contribution in [0.2, 0.25) is 0 Å². The standard InChI is InChI=1S/C12H16F3N5.ClH/c1-2-20-11(3-4-17-20)7-16-5-10-6-18-19(8-10)9-12(13,14)15;/h3-4,6,8,16H,2,5,7,9H2,1H3;1H. The summed E-state index contributed by atoms with van der Waals surface area (Å²) in [6.45, 7) is 2.80. The van der Waals surface area contributed by atoms with Gasteiger partial charge in [-0.1, -0.05) is 0 Å². The van der Waals surface area contributed by atoms with Gasteiger partial charge in [0.2, 0.25) is 0 Å². The molecular weight excluding hydrogens is 307 g/mol. The lowest BCUT2D eigenvalue weighted by atomic mass is 10.3. The van der Waals surface area contributed by atoms with Crippen LogP contribution in [0.1, 0.15) is 18.2 Å². The van der Waals surface area contributed by atoms with Crippen LogP contribution in [0.25, 0.3) is 0 Å². The molecule has 0 fully saturated rings. The first kappa shape index (κ1) is 17.5. The van der Waals surface area contributed by atoms with Crippen molar-refractivity contribution in [3.63, 3.8) is 0 Å². The fourth-order valence-electron chi connectivity index (χ4n) is 1.90. The summed E-state index contributed by atoms with van der Waals surface area (Å²) in [4.78, 5) is 0. The van der Waals surface area contributed by atoms with Gasteiger partial charge in [0.05, 0.1) is 11.9 Å². The predicted octanol–water partition coefficient (Wildman–Crippen LogP) is 2.37. The van der Waals surface area contributed by atoms with Crippen LogP contribution in [0.3, 0.4) is 0 Å². The summed E-state index contributed by atoms with van der Waals surface area (Å²) in [5.41, 5.74) is 1.76. The van der Waals surface area contributed by atoms with Gasteiger partial charge in [-0.15, -0.1) is 12.4 Å². The quantitative estimate of drug-likeness (QED) is 0.888. The van der Waals surface area contributed by atoms with Crippen LogP contribution in [-0.4, -0.2) is 25.7 Å². The molecule has 21 heavy (non-hydrogen) atoms. The van der Waals surface area contributed by atoms with Crippen LogP contribution >= 0.6 is 12.4 Å². The molecular formula is C12H17ClF3N5. The number of hydrogen-bond acceptors (Lipinski definition) is 3. The summed E-state index contributed by atoms with van der Waals surface area (Å²) in [5, 5.41) is 11.0. The summed E-state index contributed by atoms with van der Waals surface area (Å²) >= 11 is 0. The van der Waals surface area contributed by atoms with E-state index in [0.717, 1.165) is 22.5 Å². The van der Waals surface area contributed by atoms with Crippen LogP contribution in [-0.2, 0) is 26.2 Å². The molecule has 9 heteroatoms. The van der Waals surface area contributed by atoms with E-state index in [2.05, 4.69) is 15.5 Å². The van der Waals surface area contributed by atoms with E-state index in [4.69, 9.17) is 0 Å². The molecule has 0 bridgehead atoms. The number of halogens is 4. The molecule has 0 amide bonds. The molecule has 0 aliphatic carbocycles. The Morgan fingerprint density at radius 2 is 2.00 bits per heavy atom. The fraction of sp³-hybridized carbons (Fsp3) is 0.500. The third-order valence-corrected chi connectivity index (χ3v) is 2.77. The van der Waals surface area contributed by atoms with Crippen LogP contribution in [0.5, 0.6) is 0 Å². The Kier molecular flexibility index (Phi) is 6.22. The highest BCUT2D eigenvalue weighted by Crippen LogP contribution is 2.17. The molecule has 1 N–H and O–H groups in total. The lowest BCUT2D eigenvalue weighted by Gasteiger charge is -2.06. The summed E-state index contributed by atoms with van der Waals surface area (Å²) in [6.07, 6.45) is 0.319. The molecule has 0 atom stereocenters. The molecule has 5 nitrogen and oxygen atoms in total. The average Bonchev–Trinajstić information content (AvgIpc) is 2.96. The minimum Gasteiger partial charge on any atom is -0.307 e. The zero-order valence-electron chi connectivity index (χ0n) is 11.5. The van der Waals surface area contributed by atoms with Crippen molar-refractivity contribution in [1.82, 2.24) is 24.9 Å². The number of hydrogen-bond donors (Lipinski definition) is 1. The zero-order chi connectivity index (χ0) is 14.6. The summed E-state index contributed by atoms with van der Waals surface area (Å²) in [6, 6.07) is 1.91. The smallest absolute Gasteiger partial charge is 0.307 e. The van der Waals surface area contributed by atoms with Crippen molar-refractivity contribution in [1.29, 1.82) is 0 Å². The van der Waals surface area contributed by atoms with Crippen molar-refractivity contribution in [2.75, 3.05) is 0 Å². The molecule has 0 aromatic carbocycles. The normalized spacial score (nSPS) is 11.4. The Bertz CT molecular complexity index is 549. The molecule has 2 aromatic heterocycles.